The van der Waals surface area contributed by atoms with Gasteiger partial charge in [-0.15, -0.1) is 12.4 Å². The minimum Gasteiger partial charge on any atom is -0.327 e. The highest BCUT2D eigenvalue weighted by Gasteiger charge is 2.19. The van der Waals surface area contributed by atoms with Crippen LogP contribution in [0, 0.1) is 0 Å². The second kappa shape index (κ2) is 8.12. The summed E-state index contributed by atoms with van der Waals surface area (Å²) in [5.41, 5.74) is 7.01. The lowest BCUT2D eigenvalue weighted by atomic mass is 10.1. The number of benzene rings is 1. The van der Waals surface area contributed by atoms with Crippen LogP contribution in [0.1, 0.15) is 30.1 Å². The molecule has 1 aliphatic heterocycles. The number of likely N-dealkylation sites (tertiary alicyclic amines) is 1. The highest BCUT2D eigenvalue weighted by molar-refractivity contribution is 6.04. The summed E-state index contributed by atoms with van der Waals surface area (Å²) in [6, 6.07) is 7.21. The molecule has 6 heteroatoms. The van der Waals surface area contributed by atoms with Gasteiger partial charge in [0.1, 0.15) is 0 Å². The highest BCUT2D eigenvalue weighted by atomic mass is 35.5. The van der Waals surface area contributed by atoms with Gasteiger partial charge in [0.2, 0.25) is 5.91 Å². The molecule has 116 valence electrons. The quantitative estimate of drug-likeness (QED) is 0.830. The average Bonchev–Trinajstić information content (AvgIpc) is 2.38. The van der Waals surface area contributed by atoms with Crippen molar-refractivity contribution in [2.75, 3.05) is 25.0 Å². The Labute approximate surface area is 131 Å². The molecule has 21 heavy (non-hydrogen) atoms. The van der Waals surface area contributed by atoms with Crippen LogP contribution in [-0.2, 0) is 4.79 Å². The van der Waals surface area contributed by atoms with E-state index in [1.807, 2.05) is 0 Å². The number of nitrogens with one attached hydrogen (secondary N) is 1. The third-order valence-corrected chi connectivity index (χ3v) is 3.49. The Kier molecular flexibility index (Phi) is 6.81. The van der Waals surface area contributed by atoms with Crippen molar-refractivity contribution < 1.29 is 9.59 Å². The Hall–Kier alpha value is -1.43. The van der Waals surface area contributed by atoms with Crippen molar-refractivity contribution in [3.8, 4) is 0 Å². The topological polar surface area (TPSA) is 75.4 Å². The third kappa shape index (κ3) is 5.12. The molecule has 0 saturated carbocycles. The normalized spacial score (nSPS) is 18.7. The number of anilines is 1. The maximum Gasteiger partial charge on any atom is 0.238 e. The number of amides is 1. The number of nitrogens with two attached hydrogens (primary N) is 1. The number of hydrogen-bond acceptors (Lipinski definition) is 4. The monoisotopic (exact) mass is 311 g/mol. The largest absolute Gasteiger partial charge is 0.327 e. The molecule has 1 aliphatic rings. The molecule has 1 atom stereocenters. The molecule has 5 nitrogen and oxygen atoms in total. The lowest BCUT2D eigenvalue weighted by Gasteiger charge is -2.30. The molecular formula is C15H22ClN3O2. The predicted molar refractivity (Wildman–Crippen MR) is 86.0 cm³/mol. The Morgan fingerprint density at radius 1 is 1.38 bits per heavy atom. The number of hydrogen-bond donors (Lipinski definition) is 2. The fourth-order valence-electron chi connectivity index (χ4n) is 2.53. The van der Waals surface area contributed by atoms with Crippen LogP contribution in [0.5, 0.6) is 0 Å². The molecule has 1 amide bonds. The van der Waals surface area contributed by atoms with Crippen molar-refractivity contribution in [3.05, 3.63) is 29.8 Å². The highest BCUT2D eigenvalue weighted by Crippen LogP contribution is 2.16. The minimum atomic E-state index is -0.104. The molecule has 0 aliphatic carbocycles. The summed E-state index contributed by atoms with van der Waals surface area (Å²) in [6.45, 7) is 3.46. The first-order chi connectivity index (χ1) is 9.56. The molecule has 1 saturated heterocycles. The fraction of sp³-hybridized carbons (Fsp3) is 0.467. The first-order valence-corrected chi connectivity index (χ1v) is 6.94. The molecule has 0 unspecified atom stereocenters. The van der Waals surface area contributed by atoms with Gasteiger partial charge in [0.05, 0.1) is 12.2 Å². The zero-order valence-electron chi connectivity index (χ0n) is 12.2. The van der Waals surface area contributed by atoms with Crippen LogP contribution in [0.25, 0.3) is 0 Å². The summed E-state index contributed by atoms with van der Waals surface area (Å²) < 4.78 is 0. The summed E-state index contributed by atoms with van der Waals surface area (Å²) in [6.07, 6.45) is 2.05. The van der Waals surface area contributed by atoms with Crippen LogP contribution >= 0.6 is 12.4 Å². The predicted octanol–water partition coefficient (Wildman–Crippen LogP) is 1.67. The summed E-state index contributed by atoms with van der Waals surface area (Å²) in [5, 5.41) is 2.81. The smallest absolute Gasteiger partial charge is 0.238 e. The lowest BCUT2D eigenvalue weighted by Crippen LogP contribution is -2.45. The van der Waals surface area contributed by atoms with Gasteiger partial charge in [-0.25, -0.2) is 0 Å². The summed E-state index contributed by atoms with van der Waals surface area (Å²) in [4.78, 5) is 25.6. The molecule has 0 bridgehead atoms. The number of halogens is 1. The zero-order valence-corrected chi connectivity index (χ0v) is 13.0. The molecule has 3 N–H and O–H groups in total. The number of piperidine rings is 1. The SMILES string of the molecule is CC(=O)c1ccccc1NC(=O)CN1CCC[C@@H](N)C1.Cl. The van der Waals surface area contributed by atoms with Crippen molar-refractivity contribution >= 4 is 29.8 Å². The van der Waals surface area contributed by atoms with Crippen LogP contribution in [-0.4, -0.2) is 42.3 Å². The summed E-state index contributed by atoms with van der Waals surface area (Å²) in [5.74, 6) is -0.159. The van der Waals surface area contributed by atoms with E-state index in [4.69, 9.17) is 5.73 Å². The molecule has 0 spiro atoms. The standard InChI is InChI=1S/C15H21N3O2.ClH/c1-11(19)13-6-2-3-7-14(13)17-15(20)10-18-8-4-5-12(16)9-18;/h2-3,6-7,12H,4-5,8-10,16H2,1H3,(H,17,20);1H/t12-;/m1./s1. The Bertz CT molecular complexity index is 507. The molecule has 1 fully saturated rings. The van der Waals surface area contributed by atoms with Gasteiger partial charge in [-0.05, 0) is 38.4 Å². The van der Waals surface area contributed by atoms with Gasteiger partial charge in [0.15, 0.2) is 5.78 Å². The number of Topliss-reactive ketones (excluding diaryl/α,β-unsaturated/α-hetero) is 1. The van der Waals surface area contributed by atoms with E-state index in [1.54, 1.807) is 24.3 Å². The lowest BCUT2D eigenvalue weighted by molar-refractivity contribution is -0.117. The molecule has 0 radical (unpaired) electrons. The Balaban J connectivity index is 0.00000220. The van der Waals surface area contributed by atoms with Crippen molar-refractivity contribution in [2.24, 2.45) is 5.73 Å². The average molecular weight is 312 g/mol. The number of carbonyl (C=O) groups is 2. The fourth-order valence-corrected chi connectivity index (χ4v) is 2.53. The van der Waals surface area contributed by atoms with Gasteiger partial charge in [-0.2, -0.15) is 0 Å². The molecule has 1 aromatic rings. The van der Waals surface area contributed by atoms with Gasteiger partial charge < -0.3 is 11.1 Å². The van der Waals surface area contributed by atoms with E-state index in [0.29, 0.717) is 17.8 Å². The molecular weight excluding hydrogens is 290 g/mol. The van der Waals surface area contributed by atoms with Crippen molar-refractivity contribution in [1.82, 2.24) is 4.90 Å². The molecule has 1 aromatic carbocycles. The van der Waals surface area contributed by atoms with E-state index in [-0.39, 0.29) is 30.1 Å². The van der Waals surface area contributed by atoms with Gasteiger partial charge in [0, 0.05) is 18.2 Å². The molecule has 2 rings (SSSR count). The summed E-state index contributed by atoms with van der Waals surface area (Å²) in [7, 11) is 0. The second-order valence-electron chi connectivity index (χ2n) is 5.29. The van der Waals surface area contributed by atoms with E-state index in [2.05, 4.69) is 10.2 Å². The van der Waals surface area contributed by atoms with E-state index in [0.717, 1.165) is 25.9 Å². The first kappa shape index (κ1) is 17.6. The van der Waals surface area contributed by atoms with E-state index in [1.165, 1.54) is 6.92 Å². The maximum atomic E-state index is 12.1. The van der Waals surface area contributed by atoms with Crippen LogP contribution in [0.4, 0.5) is 5.69 Å². The minimum absolute atomic E-state index is 0. The van der Waals surface area contributed by atoms with Crippen LogP contribution in [0.15, 0.2) is 24.3 Å². The number of carbonyl (C=O) groups excluding carboxylic acids is 2. The van der Waals surface area contributed by atoms with E-state index in [9.17, 15) is 9.59 Å². The van der Waals surface area contributed by atoms with Crippen molar-refractivity contribution in [1.29, 1.82) is 0 Å². The Morgan fingerprint density at radius 2 is 2.10 bits per heavy atom. The first-order valence-electron chi connectivity index (χ1n) is 6.94. The number of nitrogens with zero attached hydrogens (tertiary/aromatic N) is 1. The number of para-hydroxylation sites is 1. The summed E-state index contributed by atoms with van der Waals surface area (Å²) >= 11 is 0. The number of rotatable bonds is 4. The maximum absolute atomic E-state index is 12.1. The zero-order chi connectivity index (χ0) is 14.5. The van der Waals surface area contributed by atoms with Crippen LogP contribution in [0.2, 0.25) is 0 Å². The van der Waals surface area contributed by atoms with Crippen LogP contribution < -0.4 is 11.1 Å². The number of ketones is 1. The van der Waals surface area contributed by atoms with E-state index >= 15 is 0 Å². The van der Waals surface area contributed by atoms with Crippen LogP contribution in [0.3, 0.4) is 0 Å². The van der Waals surface area contributed by atoms with Crippen molar-refractivity contribution in [3.63, 3.8) is 0 Å². The van der Waals surface area contributed by atoms with Gasteiger partial charge in [-0.1, -0.05) is 12.1 Å². The molecule has 0 aromatic heterocycles. The Morgan fingerprint density at radius 3 is 2.76 bits per heavy atom. The van der Waals surface area contributed by atoms with Gasteiger partial charge >= 0.3 is 0 Å². The third-order valence-electron chi connectivity index (χ3n) is 3.49. The molecule has 1 heterocycles. The van der Waals surface area contributed by atoms with Gasteiger partial charge in [-0.3, -0.25) is 14.5 Å². The second-order valence-corrected chi connectivity index (χ2v) is 5.29. The van der Waals surface area contributed by atoms with Crippen molar-refractivity contribution in [2.45, 2.75) is 25.8 Å². The van der Waals surface area contributed by atoms with E-state index < -0.39 is 0 Å². The van der Waals surface area contributed by atoms with Gasteiger partial charge in [0.25, 0.3) is 0 Å².